The molecule has 1 amide bonds. The number of amides is 1. The zero-order chi connectivity index (χ0) is 22.9. The largest absolute Gasteiger partial charge is 0.419 e. The van der Waals surface area contributed by atoms with E-state index in [1.807, 2.05) is 0 Å². The molecule has 164 valence electrons. The first-order valence-corrected chi connectivity index (χ1v) is 9.52. The zero-order valence-electron chi connectivity index (χ0n) is 16.7. The van der Waals surface area contributed by atoms with Gasteiger partial charge in [-0.05, 0) is 23.3 Å². The molecule has 0 saturated heterocycles. The number of Topliss-reactive ketones (excluding diaryl/α,β-unsaturated/α-hetero) is 1. The van der Waals surface area contributed by atoms with E-state index in [1.54, 1.807) is 18.2 Å². The zero-order valence-corrected chi connectivity index (χ0v) is 16.7. The molecule has 2 aromatic heterocycles. The molecular weight excluding hydrogens is 425 g/mol. The molecule has 3 aromatic rings. The van der Waals surface area contributed by atoms with E-state index in [1.165, 1.54) is 25.5 Å². The summed E-state index contributed by atoms with van der Waals surface area (Å²) in [7, 11) is 1.38. The van der Waals surface area contributed by atoms with Gasteiger partial charge in [0.15, 0.2) is 11.5 Å². The number of rotatable bonds is 5. The van der Waals surface area contributed by atoms with E-state index in [0.717, 1.165) is 11.1 Å². The minimum atomic E-state index is -4.70. The molecule has 0 atom stereocenters. The Morgan fingerprint density at radius 2 is 1.75 bits per heavy atom. The van der Waals surface area contributed by atoms with Gasteiger partial charge in [-0.1, -0.05) is 6.07 Å². The summed E-state index contributed by atoms with van der Waals surface area (Å²) in [5, 5.41) is 7.88. The molecule has 1 aliphatic rings. The second-order valence-corrected chi connectivity index (χ2v) is 7.07. The first-order valence-electron chi connectivity index (χ1n) is 9.52. The van der Waals surface area contributed by atoms with Crippen LogP contribution in [0.4, 0.5) is 36.2 Å². The van der Waals surface area contributed by atoms with Gasteiger partial charge in [0.2, 0.25) is 0 Å². The Kier molecular flexibility index (Phi) is 5.47. The summed E-state index contributed by atoms with van der Waals surface area (Å²) in [6.45, 7) is 0. The number of benzene rings is 1. The molecule has 0 fully saturated rings. The molecule has 0 aliphatic heterocycles. The summed E-state index contributed by atoms with van der Waals surface area (Å²) >= 11 is 0. The topological polar surface area (TPSA) is 109 Å². The summed E-state index contributed by atoms with van der Waals surface area (Å²) in [4.78, 5) is 35.3. The van der Waals surface area contributed by atoms with Crippen molar-refractivity contribution in [1.82, 2.24) is 20.3 Å². The van der Waals surface area contributed by atoms with Gasteiger partial charge in [0, 0.05) is 50.2 Å². The van der Waals surface area contributed by atoms with Gasteiger partial charge in [-0.25, -0.2) is 15.0 Å². The van der Waals surface area contributed by atoms with Crippen molar-refractivity contribution in [1.29, 1.82) is 0 Å². The van der Waals surface area contributed by atoms with Crippen LogP contribution in [-0.4, -0.2) is 33.7 Å². The predicted molar refractivity (Wildman–Crippen MR) is 110 cm³/mol. The Morgan fingerprint density at radius 1 is 1.00 bits per heavy atom. The molecule has 8 nitrogen and oxygen atoms in total. The van der Waals surface area contributed by atoms with Crippen LogP contribution in [0.1, 0.15) is 27.2 Å². The van der Waals surface area contributed by atoms with Crippen molar-refractivity contribution in [2.45, 2.75) is 19.0 Å². The van der Waals surface area contributed by atoms with Gasteiger partial charge in [0.25, 0.3) is 5.91 Å². The van der Waals surface area contributed by atoms with Crippen LogP contribution in [0.3, 0.4) is 0 Å². The number of pyridine rings is 1. The summed E-state index contributed by atoms with van der Waals surface area (Å²) in [6.07, 6.45) is -0.775. The fourth-order valence-corrected chi connectivity index (χ4v) is 3.37. The number of carbonyl (C=O) groups is 2. The Bertz CT molecular complexity index is 1210. The highest BCUT2D eigenvalue weighted by atomic mass is 19.4. The van der Waals surface area contributed by atoms with Crippen molar-refractivity contribution in [3.05, 3.63) is 65.2 Å². The van der Waals surface area contributed by atoms with Gasteiger partial charge >= 0.3 is 6.18 Å². The molecule has 32 heavy (non-hydrogen) atoms. The molecule has 11 heteroatoms. The lowest BCUT2D eigenvalue weighted by Gasteiger charge is -2.16. The van der Waals surface area contributed by atoms with Crippen LogP contribution in [0.2, 0.25) is 0 Å². The number of nitrogens with one attached hydrogen (secondary N) is 3. The first-order chi connectivity index (χ1) is 15.2. The van der Waals surface area contributed by atoms with Crippen molar-refractivity contribution >= 4 is 34.7 Å². The van der Waals surface area contributed by atoms with E-state index in [2.05, 4.69) is 30.9 Å². The number of hydrogen-bond donors (Lipinski definition) is 3. The van der Waals surface area contributed by atoms with E-state index in [9.17, 15) is 22.8 Å². The SMILES string of the molecule is CNC(=O)c1nccnc1Nc1cc(Nc2ccc3c(c2)CC(=O)C3)ncc1C(F)(F)F. The average Bonchev–Trinajstić information content (AvgIpc) is 3.12. The molecule has 1 aromatic carbocycles. The first kappa shape index (κ1) is 21.2. The molecule has 0 saturated carbocycles. The molecule has 3 N–H and O–H groups in total. The molecule has 0 radical (unpaired) electrons. The number of aromatic nitrogens is 3. The minimum Gasteiger partial charge on any atom is -0.354 e. The Morgan fingerprint density at radius 3 is 2.50 bits per heavy atom. The van der Waals surface area contributed by atoms with Crippen molar-refractivity contribution in [3.8, 4) is 0 Å². The lowest BCUT2D eigenvalue weighted by molar-refractivity contribution is -0.137. The highest BCUT2D eigenvalue weighted by Crippen LogP contribution is 2.37. The average molecular weight is 442 g/mol. The second-order valence-electron chi connectivity index (χ2n) is 7.07. The van der Waals surface area contributed by atoms with Crippen LogP contribution < -0.4 is 16.0 Å². The second kappa shape index (κ2) is 8.25. The highest BCUT2D eigenvalue weighted by molar-refractivity contribution is 5.97. The third kappa shape index (κ3) is 4.36. The van der Waals surface area contributed by atoms with Crippen molar-refractivity contribution in [3.63, 3.8) is 0 Å². The monoisotopic (exact) mass is 442 g/mol. The maximum atomic E-state index is 13.6. The standard InChI is InChI=1S/C21H17F3N6O2/c1-25-20(32)18-19(27-5-4-26-18)30-16-9-17(28-10-15(16)21(22,23)24)29-13-3-2-11-7-14(31)8-12(11)6-13/h2-6,9-10H,7-8H2,1H3,(H,25,32)(H2,27,28,29,30). The number of halogens is 3. The Hall–Kier alpha value is -4.02. The molecule has 2 heterocycles. The lowest BCUT2D eigenvalue weighted by atomic mass is 10.1. The number of ketones is 1. The van der Waals surface area contributed by atoms with E-state index in [0.29, 0.717) is 24.7 Å². The van der Waals surface area contributed by atoms with Gasteiger partial charge < -0.3 is 16.0 Å². The normalized spacial score (nSPS) is 12.9. The van der Waals surface area contributed by atoms with Gasteiger partial charge in [0.05, 0.1) is 11.3 Å². The van der Waals surface area contributed by atoms with Crippen LogP contribution in [-0.2, 0) is 23.8 Å². The van der Waals surface area contributed by atoms with Gasteiger partial charge in [-0.3, -0.25) is 9.59 Å². The Balaban J connectivity index is 1.68. The van der Waals surface area contributed by atoms with Crippen LogP contribution in [0.5, 0.6) is 0 Å². The third-order valence-electron chi connectivity index (χ3n) is 4.86. The molecule has 0 spiro atoms. The summed E-state index contributed by atoms with van der Waals surface area (Å²) in [5.74, 6) is -0.484. The van der Waals surface area contributed by atoms with Gasteiger partial charge in [-0.2, -0.15) is 13.2 Å². The van der Waals surface area contributed by atoms with Crippen LogP contribution in [0, 0.1) is 0 Å². The van der Waals surface area contributed by atoms with Crippen molar-refractivity contribution in [2.24, 2.45) is 0 Å². The van der Waals surface area contributed by atoms with Crippen LogP contribution in [0.25, 0.3) is 0 Å². The van der Waals surface area contributed by atoms with E-state index in [-0.39, 0.29) is 28.8 Å². The lowest BCUT2D eigenvalue weighted by Crippen LogP contribution is -2.21. The van der Waals surface area contributed by atoms with E-state index >= 15 is 0 Å². The molecule has 4 rings (SSSR count). The smallest absolute Gasteiger partial charge is 0.354 e. The van der Waals surface area contributed by atoms with Gasteiger partial charge in [0.1, 0.15) is 11.6 Å². The molecule has 1 aliphatic carbocycles. The number of anilines is 4. The minimum absolute atomic E-state index is 0.118. The molecular formula is C21H17F3N6O2. The predicted octanol–water partition coefficient (Wildman–Crippen LogP) is 3.40. The summed E-state index contributed by atoms with van der Waals surface area (Å²) in [5.41, 5.74) is 0.862. The maximum absolute atomic E-state index is 13.6. The number of alkyl halides is 3. The third-order valence-corrected chi connectivity index (χ3v) is 4.86. The van der Waals surface area contributed by atoms with Gasteiger partial charge in [-0.15, -0.1) is 0 Å². The maximum Gasteiger partial charge on any atom is 0.419 e. The summed E-state index contributed by atoms with van der Waals surface area (Å²) < 4.78 is 40.7. The molecule has 0 unspecified atom stereocenters. The number of nitrogens with zero attached hydrogens (tertiary/aromatic N) is 3. The quantitative estimate of drug-likeness (QED) is 0.556. The van der Waals surface area contributed by atoms with Crippen molar-refractivity contribution < 1.29 is 22.8 Å². The van der Waals surface area contributed by atoms with E-state index in [4.69, 9.17) is 0 Å². The van der Waals surface area contributed by atoms with Crippen LogP contribution in [0.15, 0.2) is 42.9 Å². The number of hydrogen-bond acceptors (Lipinski definition) is 7. The highest BCUT2D eigenvalue weighted by Gasteiger charge is 2.35. The van der Waals surface area contributed by atoms with Crippen molar-refractivity contribution in [2.75, 3.05) is 17.7 Å². The fourth-order valence-electron chi connectivity index (χ4n) is 3.37. The Labute approximate surface area is 180 Å². The number of fused-ring (bicyclic) bond motifs is 1. The summed E-state index contributed by atoms with van der Waals surface area (Å²) in [6, 6.07) is 6.49. The molecule has 0 bridgehead atoms. The fraction of sp³-hybridized carbons (Fsp3) is 0.190. The van der Waals surface area contributed by atoms with E-state index < -0.39 is 17.6 Å². The van der Waals surface area contributed by atoms with Crippen LogP contribution >= 0.6 is 0 Å². The number of carbonyl (C=O) groups excluding carboxylic acids is 2.